The number of rotatable bonds is 4. The summed E-state index contributed by atoms with van der Waals surface area (Å²) in [6, 6.07) is 9.27. The first-order valence-electron chi connectivity index (χ1n) is 5.67. The lowest BCUT2D eigenvalue weighted by Gasteiger charge is -2.18. The van der Waals surface area contributed by atoms with Crippen molar-refractivity contribution < 1.29 is 13.9 Å². The number of benzene rings is 2. The Morgan fingerprint density at radius 3 is 2.53 bits per heavy atom. The molecule has 0 heterocycles. The van der Waals surface area contributed by atoms with E-state index < -0.39 is 11.9 Å². The average Bonchev–Trinajstić information content (AvgIpc) is 2.34. The van der Waals surface area contributed by atoms with Crippen LogP contribution in [-0.2, 0) is 0 Å². The maximum absolute atomic E-state index is 13.3. The third-order valence-corrected chi connectivity index (χ3v) is 2.85. The fourth-order valence-electron chi connectivity index (χ4n) is 1.79. The zero-order chi connectivity index (χ0) is 13.8. The van der Waals surface area contributed by atoms with Crippen LogP contribution < -0.4 is 5.32 Å². The number of hydrogen-bond acceptors (Lipinski definition) is 2. The van der Waals surface area contributed by atoms with Gasteiger partial charge in [0.25, 0.3) is 0 Å². The summed E-state index contributed by atoms with van der Waals surface area (Å²) in [5.41, 5.74) is 0.996. The van der Waals surface area contributed by atoms with Gasteiger partial charge in [-0.15, -0.1) is 0 Å². The predicted octanol–water partition coefficient (Wildman–Crippen LogP) is 3.76. The van der Waals surface area contributed by atoms with Gasteiger partial charge in [0.15, 0.2) is 0 Å². The lowest BCUT2D eigenvalue weighted by molar-refractivity contribution is 0.276. The molecule has 0 amide bonds. The quantitative estimate of drug-likeness (QED) is 0.895. The van der Waals surface area contributed by atoms with Crippen LogP contribution in [0.2, 0.25) is 5.02 Å². The summed E-state index contributed by atoms with van der Waals surface area (Å²) >= 11 is 5.77. The molecule has 0 aromatic heterocycles. The molecule has 0 saturated heterocycles. The van der Waals surface area contributed by atoms with Crippen molar-refractivity contribution >= 4 is 17.3 Å². The molecule has 1 unspecified atom stereocenters. The fourth-order valence-corrected chi connectivity index (χ4v) is 2.02. The molecule has 100 valence electrons. The first-order valence-corrected chi connectivity index (χ1v) is 6.05. The second kappa shape index (κ2) is 5.99. The highest BCUT2D eigenvalue weighted by Gasteiger charge is 2.12. The van der Waals surface area contributed by atoms with Gasteiger partial charge in [-0.25, -0.2) is 8.78 Å². The Kier molecular flexibility index (Phi) is 4.35. The second-order valence-corrected chi connectivity index (χ2v) is 4.53. The van der Waals surface area contributed by atoms with Crippen molar-refractivity contribution in [3.8, 4) is 0 Å². The molecule has 19 heavy (non-hydrogen) atoms. The van der Waals surface area contributed by atoms with Crippen molar-refractivity contribution in [2.45, 2.75) is 6.04 Å². The predicted molar refractivity (Wildman–Crippen MR) is 71.3 cm³/mol. The zero-order valence-electron chi connectivity index (χ0n) is 9.91. The highest BCUT2D eigenvalue weighted by molar-refractivity contribution is 6.30. The SMILES string of the molecule is OCC(Nc1cccc(F)c1)c1cc(F)cc(Cl)c1. The van der Waals surface area contributed by atoms with Crippen molar-refractivity contribution in [3.05, 3.63) is 64.7 Å². The third kappa shape index (κ3) is 3.66. The van der Waals surface area contributed by atoms with Crippen LogP contribution >= 0.6 is 11.6 Å². The normalized spacial score (nSPS) is 12.2. The first-order chi connectivity index (χ1) is 9.08. The van der Waals surface area contributed by atoms with Gasteiger partial charge in [-0.1, -0.05) is 17.7 Å². The first kappa shape index (κ1) is 13.8. The smallest absolute Gasteiger partial charge is 0.125 e. The van der Waals surface area contributed by atoms with Crippen LogP contribution in [0.5, 0.6) is 0 Å². The van der Waals surface area contributed by atoms with Gasteiger partial charge < -0.3 is 10.4 Å². The molecular weight excluding hydrogens is 272 g/mol. The summed E-state index contributed by atoms with van der Waals surface area (Å²) in [6.45, 7) is -0.268. The Labute approximate surface area is 114 Å². The number of nitrogens with one attached hydrogen (secondary N) is 1. The van der Waals surface area contributed by atoms with E-state index in [2.05, 4.69) is 5.32 Å². The molecule has 0 aliphatic rings. The Morgan fingerprint density at radius 1 is 1.11 bits per heavy atom. The van der Waals surface area contributed by atoms with E-state index in [-0.39, 0.29) is 17.4 Å². The van der Waals surface area contributed by atoms with Crippen LogP contribution in [0.1, 0.15) is 11.6 Å². The Morgan fingerprint density at radius 2 is 1.89 bits per heavy atom. The molecule has 0 aliphatic heterocycles. The summed E-state index contributed by atoms with van der Waals surface area (Å²) in [5, 5.41) is 12.5. The van der Waals surface area contributed by atoms with Crippen LogP contribution in [0.15, 0.2) is 42.5 Å². The van der Waals surface area contributed by atoms with Crippen LogP contribution in [0.3, 0.4) is 0 Å². The highest BCUT2D eigenvalue weighted by atomic mass is 35.5. The standard InChI is InChI=1S/C14H12ClF2NO/c15-10-4-9(5-12(17)6-10)14(8-19)18-13-3-1-2-11(16)7-13/h1-7,14,18-19H,8H2. The summed E-state index contributed by atoms with van der Waals surface area (Å²) in [4.78, 5) is 0. The van der Waals surface area contributed by atoms with Crippen LogP contribution in [0, 0.1) is 11.6 Å². The maximum Gasteiger partial charge on any atom is 0.125 e. The highest BCUT2D eigenvalue weighted by Crippen LogP contribution is 2.23. The van der Waals surface area contributed by atoms with Gasteiger partial charge in [-0.05, 0) is 42.0 Å². The Bertz CT molecular complexity index is 557. The van der Waals surface area contributed by atoms with Gasteiger partial charge in [0.05, 0.1) is 12.6 Å². The van der Waals surface area contributed by atoms with E-state index >= 15 is 0 Å². The van der Waals surface area contributed by atoms with E-state index in [1.54, 1.807) is 18.2 Å². The minimum absolute atomic E-state index is 0.245. The monoisotopic (exact) mass is 283 g/mol. The molecule has 1 atom stereocenters. The average molecular weight is 284 g/mol. The van der Waals surface area contributed by atoms with E-state index in [0.29, 0.717) is 11.3 Å². The van der Waals surface area contributed by atoms with Crippen LogP contribution in [-0.4, -0.2) is 11.7 Å². The van der Waals surface area contributed by atoms with Gasteiger partial charge >= 0.3 is 0 Å². The molecule has 0 fully saturated rings. The van der Waals surface area contributed by atoms with Crippen molar-refractivity contribution in [1.82, 2.24) is 0 Å². The number of hydrogen-bond donors (Lipinski definition) is 2. The van der Waals surface area contributed by atoms with E-state index in [9.17, 15) is 13.9 Å². The van der Waals surface area contributed by atoms with Crippen molar-refractivity contribution in [3.63, 3.8) is 0 Å². The molecule has 5 heteroatoms. The van der Waals surface area contributed by atoms with Gasteiger partial charge in [0.2, 0.25) is 0 Å². The molecule has 2 aromatic rings. The second-order valence-electron chi connectivity index (χ2n) is 4.09. The van der Waals surface area contributed by atoms with Gasteiger partial charge in [-0.2, -0.15) is 0 Å². The maximum atomic E-state index is 13.3. The molecule has 0 radical (unpaired) electrons. The van der Waals surface area contributed by atoms with Gasteiger partial charge in [0.1, 0.15) is 11.6 Å². The van der Waals surface area contributed by atoms with Crippen LogP contribution in [0.4, 0.5) is 14.5 Å². The largest absolute Gasteiger partial charge is 0.394 e. The minimum atomic E-state index is -0.560. The van der Waals surface area contributed by atoms with Crippen molar-refractivity contribution in [2.24, 2.45) is 0 Å². The Hall–Kier alpha value is -1.65. The summed E-state index contributed by atoms with van der Waals surface area (Å²) in [5.74, 6) is -0.874. The summed E-state index contributed by atoms with van der Waals surface area (Å²) in [7, 11) is 0. The fraction of sp³-hybridized carbons (Fsp3) is 0.143. The molecule has 2 nitrogen and oxygen atoms in total. The minimum Gasteiger partial charge on any atom is -0.394 e. The van der Waals surface area contributed by atoms with Gasteiger partial charge in [-0.3, -0.25) is 0 Å². The topological polar surface area (TPSA) is 32.3 Å². The molecule has 0 saturated carbocycles. The summed E-state index contributed by atoms with van der Waals surface area (Å²) in [6.07, 6.45) is 0. The third-order valence-electron chi connectivity index (χ3n) is 2.64. The number of anilines is 1. The van der Waals surface area contributed by atoms with Crippen molar-refractivity contribution in [2.75, 3.05) is 11.9 Å². The van der Waals surface area contributed by atoms with E-state index in [1.807, 2.05) is 0 Å². The summed E-state index contributed by atoms with van der Waals surface area (Å²) < 4.78 is 26.3. The molecule has 0 spiro atoms. The lowest BCUT2D eigenvalue weighted by atomic mass is 10.1. The van der Waals surface area contributed by atoms with E-state index in [4.69, 9.17) is 11.6 Å². The number of aliphatic hydroxyl groups excluding tert-OH is 1. The molecule has 0 bridgehead atoms. The molecule has 2 aromatic carbocycles. The van der Waals surface area contributed by atoms with Gasteiger partial charge in [0, 0.05) is 10.7 Å². The van der Waals surface area contributed by atoms with Crippen LogP contribution in [0.25, 0.3) is 0 Å². The van der Waals surface area contributed by atoms with E-state index in [1.165, 1.54) is 24.3 Å². The number of aliphatic hydroxyl groups is 1. The van der Waals surface area contributed by atoms with Crippen molar-refractivity contribution in [1.29, 1.82) is 0 Å². The van der Waals surface area contributed by atoms with E-state index in [0.717, 1.165) is 0 Å². The molecule has 2 N–H and O–H groups in total. The number of halogens is 3. The molecular formula is C14H12ClF2NO. The molecule has 2 rings (SSSR count). The molecule has 0 aliphatic carbocycles. The lowest BCUT2D eigenvalue weighted by Crippen LogP contribution is -2.15. The Balaban J connectivity index is 2.24. The zero-order valence-corrected chi connectivity index (χ0v) is 10.7.